The number of aromatic nitrogens is 2. The number of ether oxygens (including phenoxy) is 1. The molecule has 0 N–H and O–H groups in total. The number of fused-ring (bicyclic) bond motifs is 1. The zero-order valence-corrected chi connectivity index (χ0v) is 8.54. The Morgan fingerprint density at radius 2 is 2.20 bits per heavy atom. The Balaban J connectivity index is 1.78. The molecule has 2 aliphatic rings. The third kappa shape index (κ3) is 1.26. The van der Waals surface area contributed by atoms with Gasteiger partial charge in [0.25, 0.3) is 5.56 Å². The minimum Gasteiger partial charge on any atom is -0.381 e. The summed E-state index contributed by atoms with van der Waals surface area (Å²) >= 11 is 0. The lowest BCUT2D eigenvalue weighted by Gasteiger charge is -2.21. The molecule has 5 nitrogen and oxygen atoms in total. The molecule has 5 heteroatoms. The fourth-order valence-electron chi connectivity index (χ4n) is 2.52. The van der Waals surface area contributed by atoms with Gasteiger partial charge in [0.2, 0.25) is 0 Å². The van der Waals surface area contributed by atoms with E-state index >= 15 is 0 Å². The average Bonchev–Trinajstić information content (AvgIpc) is 2.72. The SMILES string of the molecule is COC1C2CN(n3ncccc3=O)CC21. The number of piperidine rings is 1. The van der Waals surface area contributed by atoms with Crippen LogP contribution in [-0.2, 0) is 4.74 Å². The van der Waals surface area contributed by atoms with Crippen LogP contribution < -0.4 is 10.6 Å². The Hall–Kier alpha value is -1.36. The molecule has 0 aromatic carbocycles. The molecular weight excluding hydrogens is 194 g/mol. The first-order valence-corrected chi connectivity index (χ1v) is 5.13. The molecule has 3 rings (SSSR count). The standard InChI is InChI=1S/C10H13N3O2/c1-15-10-7-5-12(6-8(7)10)13-9(14)3-2-4-11-13/h2-4,7-8,10H,5-6H2,1H3. The van der Waals surface area contributed by atoms with Gasteiger partial charge in [0.1, 0.15) is 0 Å². The van der Waals surface area contributed by atoms with Crippen LogP contribution in [0.25, 0.3) is 0 Å². The van der Waals surface area contributed by atoms with Crippen molar-refractivity contribution in [1.29, 1.82) is 0 Å². The quantitative estimate of drug-likeness (QED) is 0.653. The first-order valence-electron chi connectivity index (χ1n) is 5.13. The van der Waals surface area contributed by atoms with Gasteiger partial charge in [-0.1, -0.05) is 0 Å². The minimum absolute atomic E-state index is 0.0623. The van der Waals surface area contributed by atoms with E-state index in [1.807, 2.05) is 5.01 Å². The van der Waals surface area contributed by atoms with Gasteiger partial charge in [0, 0.05) is 44.3 Å². The molecule has 1 aromatic rings. The summed E-state index contributed by atoms with van der Waals surface area (Å²) in [7, 11) is 1.75. The molecule has 1 saturated heterocycles. The van der Waals surface area contributed by atoms with E-state index in [4.69, 9.17) is 4.74 Å². The van der Waals surface area contributed by atoms with E-state index in [-0.39, 0.29) is 5.56 Å². The third-order valence-corrected chi connectivity index (χ3v) is 3.33. The molecule has 15 heavy (non-hydrogen) atoms. The van der Waals surface area contributed by atoms with Gasteiger partial charge in [0.05, 0.1) is 6.10 Å². The summed E-state index contributed by atoms with van der Waals surface area (Å²) < 4.78 is 5.31. The van der Waals surface area contributed by atoms with Crippen LogP contribution in [0.3, 0.4) is 0 Å². The molecule has 1 aliphatic carbocycles. The van der Waals surface area contributed by atoms with Crippen molar-refractivity contribution in [1.82, 2.24) is 9.89 Å². The van der Waals surface area contributed by atoms with E-state index in [1.165, 1.54) is 10.9 Å². The number of hydrogen-bond donors (Lipinski definition) is 0. The van der Waals surface area contributed by atoms with Crippen LogP contribution in [0.4, 0.5) is 0 Å². The van der Waals surface area contributed by atoms with Gasteiger partial charge < -0.3 is 4.74 Å². The van der Waals surface area contributed by atoms with Crippen LogP contribution in [0.5, 0.6) is 0 Å². The van der Waals surface area contributed by atoms with Crippen molar-refractivity contribution in [3.63, 3.8) is 0 Å². The van der Waals surface area contributed by atoms with E-state index in [9.17, 15) is 4.79 Å². The van der Waals surface area contributed by atoms with Crippen molar-refractivity contribution in [2.24, 2.45) is 11.8 Å². The van der Waals surface area contributed by atoms with Crippen LogP contribution in [0.1, 0.15) is 0 Å². The summed E-state index contributed by atoms with van der Waals surface area (Å²) in [6.45, 7) is 1.75. The molecule has 2 atom stereocenters. The third-order valence-electron chi connectivity index (χ3n) is 3.33. The van der Waals surface area contributed by atoms with Crippen molar-refractivity contribution in [2.45, 2.75) is 6.10 Å². The Bertz CT molecular complexity index is 419. The van der Waals surface area contributed by atoms with Gasteiger partial charge in [-0.05, 0) is 6.07 Å². The molecule has 2 unspecified atom stereocenters. The van der Waals surface area contributed by atoms with Gasteiger partial charge in [-0.3, -0.25) is 9.80 Å². The van der Waals surface area contributed by atoms with Crippen molar-refractivity contribution in [2.75, 3.05) is 25.2 Å². The smallest absolute Gasteiger partial charge is 0.286 e. The molecule has 1 aromatic heterocycles. The van der Waals surface area contributed by atoms with Crippen molar-refractivity contribution in [3.8, 4) is 0 Å². The zero-order valence-electron chi connectivity index (χ0n) is 8.54. The highest BCUT2D eigenvalue weighted by atomic mass is 16.5. The van der Waals surface area contributed by atoms with Gasteiger partial charge in [-0.2, -0.15) is 5.10 Å². The molecular formula is C10H13N3O2. The number of methoxy groups -OCH3 is 1. The van der Waals surface area contributed by atoms with E-state index in [2.05, 4.69) is 5.10 Å². The maximum absolute atomic E-state index is 11.5. The molecule has 1 saturated carbocycles. The van der Waals surface area contributed by atoms with Crippen molar-refractivity contribution >= 4 is 0 Å². The highest BCUT2D eigenvalue weighted by Gasteiger charge is 2.57. The van der Waals surface area contributed by atoms with Crippen LogP contribution >= 0.6 is 0 Å². The number of nitrogens with zero attached hydrogens (tertiary/aromatic N) is 3. The molecule has 2 heterocycles. The van der Waals surface area contributed by atoms with Crippen LogP contribution in [0.2, 0.25) is 0 Å². The summed E-state index contributed by atoms with van der Waals surface area (Å²) in [5.74, 6) is 1.17. The van der Waals surface area contributed by atoms with Crippen LogP contribution in [0, 0.1) is 11.8 Å². The monoisotopic (exact) mass is 207 g/mol. The first kappa shape index (κ1) is 8.91. The number of rotatable bonds is 2. The van der Waals surface area contributed by atoms with Gasteiger partial charge >= 0.3 is 0 Å². The Labute approximate surface area is 87.2 Å². The minimum atomic E-state index is -0.0623. The molecule has 2 fully saturated rings. The molecule has 0 bridgehead atoms. The van der Waals surface area contributed by atoms with Crippen molar-refractivity contribution < 1.29 is 4.74 Å². The van der Waals surface area contributed by atoms with E-state index in [0.29, 0.717) is 17.9 Å². The Morgan fingerprint density at radius 3 is 2.80 bits per heavy atom. The van der Waals surface area contributed by atoms with Crippen LogP contribution in [-0.4, -0.2) is 36.2 Å². The summed E-state index contributed by atoms with van der Waals surface area (Å²) in [6, 6.07) is 3.19. The molecule has 0 radical (unpaired) electrons. The molecule has 80 valence electrons. The fourth-order valence-corrected chi connectivity index (χ4v) is 2.52. The Morgan fingerprint density at radius 1 is 1.47 bits per heavy atom. The zero-order chi connectivity index (χ0) is 10.4. The second-order valence-corrected chi connectivity index (χ2v) is 4.15. The summed E-state index contributed by atoms with van der Waals surface area (Å²) in [5, 5.41) is 6.05. The highest BCUT2D eigenvalue weighted by molar-refractivity contribution is 5.15. The molecule has 1 aliphatic heterocycles. The topological polar surface area (TPSA) is 47.4 Å². The van der Waals surface area contributed by atoms with Crippen molar-refractivity contribution in [3.05, 3.63) is 28.7 Å². The van der Waals surface area contributed by atoms with Gasteiger partial charge in [0.15, 0.2) is 0 Å². The maximum Gasteiger partial charge on any atom is 0.286 e. The largest absolute Gasteiger partial charge is 0.381 e. The number of hydrogen-bond acceptors (Lipinski definition) is 4. The van der Waals surface area contributed by atoms with E-state index in [0.717, 1.165) is 13.1 Å². The lowest BCUT2D eigenvalue weighted by Crippen LogP contribution is -2.44. The van der Waals surface area contributed by atoms with Gasteiger partial charge in [-0.25, -0.2) is 0 Å². The van der Waals surface area contributed by atoms with E-state index in [1.54, 1.807) is 19.4 Å². The second-order valence-electron chi connectivity index (χ2n) is 4.15. The summed E-state index contributed by atoms with van der Waals surface area (Å²) in [4.78, 5) is 13.0. The second kappa shape index (κ2) is 3.06. The normalized spacial score (nSPS) is 32.9. The van der Waals surface area contributed by atoms with E-state index < -0.39 is 0 Å². The maximum atomic E-state index is 11.5. The fraction of sp³-hybridized carbons (Fsp3) is 0.600. The predicted octanol–water partition coefficient (Wildman–Crippen LogP) is -0.544. The highest BCUT2D eigenvalue weighted by Crippen LogP contribution is 2.46. The average molecular weight is 207 g/mol. The summed E-state index contributed by atoms with van der Waals surface area (Å²) in [5.41, 5.74) is -0.0623. The first-order chi connectivity index (χ1) is 7.31. The predicted molar refractivity (Wildman–Crippen MR) is 54.2 cm³/mol. The lowest BCUT2D eigenvalue weighted by atomic mass is 10.4. The Kier molecular flexibility index (Phi) is 1.82. The van der Waals surface area contributed by atoms with Crippen LogP contribution in [0.15, 0.2) is 23.1 Å². The molecule has 0 spiro atoms. The lowest BCUT2D eigenvalue weighted by molar-refractivity contribution is 0.153. The van der Waals surface area contributed by atoms with Gasteiger partial charge in [-0.15, -0.1) is 4.79 Å². The molecule has 0 amide bonds. The summed E-state index contributed by atoms with van der Waals surface area (Å²) in [6.07, 6.45) is 2.04.